The topological polar surface area (TPSA) is 61.9 Å². The molecule has 2 aromatic carbocycles. The van der Waals surface area contributed by atoms with Gasteiger partial charge in [-0.3, -0.25) is 9.59 Å². The lowest BCUT2D eigenvalue weighted by Crippen LogP contribution is -2.47. The summed E-state index contributed by atoms with van der Waals surface area (Å²) in [6, 6.07) is 12.7. The zero-order valence-corrected chi connectivity index (χ0v) is 16.7. The van der Waals surface area contributed by atoms with Gasteiger partial charge < -0.3 is 19.9 Å². The molecule has 0 bridgehead atoms. The first-order valence-electron chi connectivity index (χ1n) is 9.50. The maximum atomic E-state index is 12.6. The average molecular weight is 381 g/mol. The van der Waals surface area contributed by atoms with Crippen molar-refractivity contribution >= 4 is 17.5 Å². The Morgan fingerprint density at radius 3 is 2.29 bits per heavy atom. The summed E-state index contributed by atoms with van der Waals surface area (Å²) in [5, 5.41) is 2.79. The van der Waals surface area contributed by atoms with Gasteiger partial charge in [-0.05, 0) is 68.4 Å². The fourth-order valence-electron chi connectivity index (χ4n) is 3.04. The second kappa shape index (κ2) is 8.89. The summed E-state index contributed by atoms with van der Waals surface area (Å²) < 4.78 is 5.55. The van der Waals surface area contributed by atoms with E-state index < -0.39 is 0 Å². The number of amides is 2. The molecule has 6 nitrogen and oxygen atoms in total. The Kier molecular flexibility index (Phi) is 6.31. The lowest BCUT2D eigenvalue weighted by molar-refractivity contribution is -0.118. The number of hydrogen-bond donors (Lipinski definition) is 1. The highest BCUT2D eigenvalue weighted by atomic mass is 16.5. The van der Waals surface area contributed by atoms with Gasteiger partial charge in [0.15, 0.2) is 6.61 Å². The standard InChI is InChI=1S/C22H27N3O3/c1-16-4-9-20(14-17(16)2)28-15-21(26)23-19-7-5-18(6-8-19)22(27)25-12-10-24(3)11-13-25/h4-9,14H,10-13,15H2,1-3H3,(H,23,26). The van der Waals surface area contributed by atoms with Crippen LogP contribution < -0.4 is 10.1 Å². The van der Waals surface area contributed by atoms with E-state index in [-0.39, 0.29) is 18.4 Å². The Morgan fingerprint density at radius 2 is 1.64 bits per heavy atom. The number of carbonyl (C=O) groups excluding carboxylic acids is 2. The van der Waals surface area contributed by atoms with Crippen LogP contribution in [0.3, 0.4) is 0 Å². The Balaban J connectivity index is 1.51. The van der Waals surface area contributed by atoms with Crippen LogP contribution in [0, 0.1) is 13.8 Å². The number of anilines is 1. The third-order valence-corrected chi connectivity index (χ3v) is 5.05. The monoisotopic (exact) mass is 381 g/mol. The van der Waals surface area contributed by atoms with Gasteiger partial charge in [0.1, 0.15) is 5.75 Å². The number of benzene rings is 2. The van der Waals surface area contributed by atoms with Gasteiger partial charge in [-0.25, -0.2) is 0 Å². The van der Waals surface area contributed by atoms with Crippen molar-refractivity contribution in [2.24, 2.45) is 0 Å². The fraction of sp³-hybridized carbons (Fsp3) is 0.364. The van der Waals surface area contributed by atoms with E-state index in [2.05, 4.69) is 17.3 Å². The summed E-state index contributed by atoms with van der Waals surface area (Å²) in [6.45, 7) is 7.23. The number of nitrogens with zero attached hydrogens (tertiary/aromatic N) is 2. The van der Waals surface area contributed by atoms with E-state index in [1.54, 1.807) is 24.3 Å². The molecule has 28 heavy (non-hydrogen) atoms. The highest BCUT2D eigenvalue weighted by Gasteiger charge is 2.20. The van der Waals surface area contributed by atoms with Gasteiger partial charge in [0.05, 0.1) is 0 Å². The molecule has 2 amide bonds. The lowest BCUT2D eigenvalue weighted by Gasteiger charge is -2.32. The molecule has 1 aliphatic rings. The fourth-order valence-corrected chi connectivity index (χ4v) is 3.04. The first-order valence-corrected chi connectivity index (χ1v) is 9.50. The summed E-state index contributed by atoms with van der Waals surface area (Å²) in [6.07, 6.45) is 0. The molecule has 2 aromatic rings. The molecule has 0 aliphatic carbocycles. The number of hydrogen-bond acceptors (Lipinski definition) is 4. The van der Waals surface area contributed by atoms with Crippen LogP contribution in [0.25, 0.3) is 0 Å². The number of ether oxygens (including phenoxy) is 1. The third-order valence-electron chi connectivity index (χ3n) is 5.05. The van der Waals surface area contributed by atoms with Crippen molar-refractivity contribution in [2.45, 2.75) is 13.8 Å². The first-order chi connectivity index (χ1) is 13.4. The maximum Gasteiger partial charge on any atom is 0.262 e. The largest absolute Gasteiger partial charge is 0.484 e. The number of rotatable bonds is 5. The van der Waals surface area contributed by atoms with Crippen molar-refractivity contribution in [1.29, 1.82) is 0 Å². The summed E-state index contributed by atoms with van der Waals surface area (Å²) in [5.74, 6) is 0.465. The van der Waals surface area contributed by atoms with Crippen LogP contribution in [0.2, 0.25) is 0 Å². The van der Waals surface area contributed by atoms with Crippen molar-refractivity contribution in [1.82, 2.24) is 9.80 Å². The van der Waals surface area contributed by atoms with Crippen LogP contribution in [0.5, 0.6) is 5.75 Å². The summed E-state index contributed by atoms with van der Waals surface area (Å²) in [5.41, 5.74) is 3.58. The second-order valence-electron chi connectivity index (χ2n) is 7.26. The Labute approximate surface area is 166 Å². The summed E-state index contributed by atoms with van der Waals surface area (Å²) in [7, 11) is 2.06. The third kappa shape index (κ3) is 5.10. The molecule has 0 radical (unpaired) electrons. The molecule has 1 saturated heterocycles. The average Bonchev–Trinajstić information content (AvgIpc) is 2.69. The van der Waals surface area contributed by atoms with E-state index in [1.165, 1.54) is 5.56 Å². The minimum atomic E-state index is -0.239. The molecular formula is C22H27N3O3. The van der Waals surface area contributed by atoms with Gasteiger partial charge in [0, 0.05) is 37.4 Å². The van der Waals surface area contributed by atoms with Crippen LogP contribution in [-0.4, -0.2) is 61.4 Å². The van der Waals surface area contributed by atoms with E-state index in [0.29, 0.717) is 17.0 Å². The lowest BCUT2D eigenvalue weighted by atomic mass is 10.1. The zero-order valence-electron chi connectivity index (χ0n) is 16.7. The molecule has 1 fully saturated rings. The van der Waals surface area contributed by atoms with Crippen molar-refractivity contribution in [3.05, 3.63) is 59.2 Å². The second-order valence-corrected chi connectivity index (χ2v) is 7.26. The van der Waals surface area contributed by atoms with E-state index in [4.69, 9.17) is 4.74 Å². The minimum Gasteiger partial charge on any atom is -0.484 e. The smallest absolute Gasteiger partial charge is 0.262 e. The normalized spacial score (nSPS) is 14.6. The highest BCUT2D eigenvalue weighted by molar-refractivity contribution is 5.96. The Hall–Kier alpha value is -2.86. The SMILES string of the molecule is Cc1ccc(OCC(=O)Nc2ccc(C(=O)N3CCN(C)CC3)cc2)cc1C. The molecule has 0 spiro atoms. The Bertz CT molecular complexity index is 841. The predicted molar refractivity (Wildman–Crippen MR) is 110 cm³/mol. The quantitative estimate of drug-likeness (QED) is 0.865. The van der Waals surface area contributed by atoms with Gasteiger partial charge in [-0.2, -0.15) is 0 Å². The number of piperazine rings is 1. The van der Waals surface area contributed by atoms with Gasteiger partial charge in [-0.1, -0.05) is 6.07 Å². The Morgan fingerprint density at radius 1 is 0.964 bits per heavy atom. The van der Waals surface area contributed by atoms with Crippen LogP contribution in [-0.2, 0) is 4.79 Å². The number of aryl methyl sites for hydroxylation is 2. The maximum absolute atomic E-state index is 12.6. The van der Waals surface area contributed by atoms with E-state index in [1.807, 2.05) is 36.9 Å². The summed E-state index contributed by atoms with van der Waals surface area (Å²) >= 11 is 0. The number of nitrogens with one attached hydrogen (secondary N) is 1. The van der Waals surface area contributed by atoms with Crippen LogP contribution in [0.15, 0.2) is 42.5 Å². The van der Waals surface area contributed by atoms with Gasteiger partial charge in [-0.15, -0.1) is 0 Å². The molecule has 1 heterocycles. The molecule has 0 aromatic heterocycles. The number of carbonyl (C=O) groups is 2. The summed E-state index contributed by atoms with van der Waals surface area (Å²) in [4.78, 5) is 28.7. The molecule has 1 N–H and O–H groups in total. The van der Waals surface area contributed by atoms with Crippen molar-refractivity contribution in [3.8, 4) is 5.75 Å². The van der Waals surface area contributed by atoms with Gasteiger partial charge in [0.2, 0.25) is 0 Å². The van der Waals surface area contributed by atoms with Crippen LogP contribution in [0.1, 0.15) is 21.5 Å². The molecule has 1 aliphatic heterocycles. The van der Waals surface area contributed by atoms with Gasteiger partial charge in [0.25, 0.3) is 11.8 Å². The highest BCUT2D eigenvalue weighted by Crippen LogP contribution is 2.17. The molecule has 0 unspecified atom stereocenters. The molecule has 148 valence electrons. The molecule has 6 heteroatoms. The van der Waals surface area contributed by atoms with Crippen molar-refractivity contribution in [2.75, 3.05) is 45.2 Å². The zero-order chi connectivity index (χ0) is 20.1. The molecule has 0 saturated carbocycles. The van der Waals surface area contributed by atoms with Gasteiger partial charge >= 0.3 is 0 Å². The van der Waals surface area contributed by atoms with Crippen molar-refractivity contribution < 1.29 is 14.3 Å². The van der Waals surface area contributed by atoms with E-state index in [9.17, 15) is 9.59 Å². The first kappa shape index (κ1) is 19.9. The minimum absolute atomic E-state index is 0.0315. The van der Waals surface area contributed by atoms with E-state index in [0.717, 1.165) is 31.7 Å². The molecular weight excluding hydrogens is 354 g/mol. The number of likely N-dealkylation sites (N-methyl/N-ethyl adjacent to an activating group) is 1. The van der Waals surface area contributed by atoms with Crippen molar-refractivity contribution in [3.63, 3.8) is 0 Å². The molecule has 3 rings (SSSR count). The van der Waals surface area contributed by atoms with Crippen LogP contribution in [0.4, 0.5) is 5.69 Å². The predicted octanol–water partition coefficient (Wildman–Crippen LogP) is 2.71. The molecule has 0 atom stereocenters. The van der Waals surface area contributed by atoms with Crippen LogP contribution >= 0.6 is 0 Å². The van der Waals surface area contributed by atoms with E-state index >= 15 is 0 Å².